The molecule has 0 spiro atoms. The molecule has 1 aromatic carbocycles. The zero-order valence-electron chi connectivity index (χ0n) is 14.8. The van der Waals surface area contributed by atoms with Gasteiger partial charge in [0.1, 0.15) is 5.52 Å². The van der Waals surface area contributed by atoms with Crippen LogP contribution in [0.25, 0.3) is 11.2 Å². The second-order valence-corrected chi connectivity index (χ2v) is 6.79. The third kappa shape index (κ3) is 3.47. The van der Waals surface area contributed by atoms with Crippen LogP contribution in [0.3, 0.4) is 0 Å². The SMILES string of the molecule is Cn1cnc2cc(C(=O)N3CCC[C@@H](Nc4ccc(F)c(F)c4)C3)cnc21. The lowest BCUT2D eigenvalue weighted by Gasteiger charge is -2.33. The molecule has 3 heterocycles. The van der Waals surface area contributed by atoms with Crippen molar-refractivity contribution in [1.29, 1.82) is 0 Å². The molecule has 1 aliphatic heterocycles. The van der Waals surface area contributed by atoms with Gasteiger partial charge in [-0.1, -0.05) is 0 Å². The second kappa shape index (κ2) is 6.94. The number of nitrogens with zero attached hydrogens (tertiary/aromatic N) is 4. The summed E-state index contributed by atoms with van der Waals surface area (Å²) in [4.78, 5) is 23.2. The summed E-state index contributed by atoms with van der Waals surface area (Å²) < 4.78 is 28.3. The minimum absolute atomic E-state index is 0.0286. The Morgan fingerprint density at radius 3 is 2.89 bits per heavy atom. The molecule has 0 unspecified atom stereocenters. The first-order valence-corrected chi connectivity index (χ1v) is 8.79. The largest absolute Gasteiger partial charge is 0.380 e. The van der Waals surface area contributed by atoms with Crippen molar-refractivity contribution >= 4 is 22.8 Å². The molecule has 2 aromatic heterocycles. The number of rotatable bonds is 3. The number of anilines is 1. The van der Waals surface area contributed by atoms with Crippen LogP contribution in [0, 0.1) is 11.6 Å². The first kappa shape index (κ1) is 17.4. The highest BCUT2D eigenvalue weighted by atomic mass is 19.2. The summed E-state index contributed by atoms with van der Waals surface area (Å²) in [6, 6.07) is 5.44. The molecule has 6 nitrogen and oxygen atoms in total. The second-order valence-electron chi connectivity index (χ2n) is 6.79. The van der Waals surface area contributed by atoms with Gasteiger partial charge < -0.3 is 14.8 Å². The topological polar surface area (TPSA) is 63.1 Å². The highest BCUT2D eigenvalue weighted by Crippen LogP contribution is 2.20. The number of aryl methyl sites for hydroxylation is 1. The Labute approximate surface area is 154 Å². The summed E-state index contributed by atoms with van der Waals surface area (Å²) in [6.07, 6.45) is 4.90. The van der Waals surface area contributed by atoms with Crippen LogP contribution in [0.5, 0.6) is 0 Å². The number of likely N-dealkylation sites (tertiary alicyclic amines) is 1. The number of piperidine rings is 1. The van der Waals surface area contributed by atoms with E-state index in [9.17, 15) is 13.6 Å². The average Bonchev–Trinajstić information content (AvgIpc) is 3.05. The third-order valence-corrected chi connectivity index (χ3v) is 4.80. The minimum atomic E-state index is -0.890. The van der Waals surface area contributed by atoms with Crippen LogP contribution >= 0.6 is 0 Å². The fourth-order valence-electron chi connectivity index (χ4n) is 3.42. The number of hydrogen-bond acceptors (Lipinski definition) is 4. The highest BCUT2D eigenvalue weighted by Gasteiger charge is 2.25. The van der Waals surface area contributed by atoms with Crippen LogP contribution in [0.4, 0.5) is 14.5 Å². The summed E-state index contributed by atoms with van der Waals surface area (Å²) in [5.41, 5.74) is 2.40. The summed E-state index contributed by atoms with van der Waals surface area (Å²) in [7, 11) is 1.85. The van der Waals surface area contributed by atoms with Gasteiger partial charge >= 0.3 is 0 Å². The van der Waals surface area contributed by atoms with Gasteiger partial charge in [0.05, 0.1) is 11.9 Å². The smallest absolute Gasteiger partial charge is 0.255 e. The maximum atomic E-state index is 13.4. The number of nitrogens with one attached hydrogen (secondary N) is 1. The van der Waals surface area contributed by atoms with Gasteiger partial charge in [0.25, 0.3) is 5.91 Å². The molecular weight excluding hydrogens is 352 g/mol. The van der Waals surface area contributed by atoms with Crippen molar-refractivity contribution in [2.24, 2.45) is 7.05 Å². The zero-order chi connectivity index (χ0) is 19.0. The predicted molar refractivity (Wildman–Crippen MR) is 97.4 cm³/mol. The van der Waals surface area contributed by atoms with Crippen LogP contribution in [0.15, 0.2) is 36.8 Å². The molecule has 0 radical (unpaired) electrons. The molecule has 3 aromatic rings. The molecule has 1 atom stereocenters. The van der Waals surface area contributed by atoms with E-state index in [1.165, 1.54) is 6.07 Å². The van der Waals surface area contributed by atoms with Gasteiger partial charge in [-0.2, -0.15) is 0 Å². The molecule has 1 N–H and O–H groups in total. The molecule has 1 aliphatic rings. The number of halogens is 2. The molecule has 140 valence electrons. The fourth-order valence-corrected chi connectivity index (χ4v) is 3.42. The third-order valence-electron chi connectivity index (χ3n) is 4.80. The predicted octanol–water partition coefficient (Wildman–Crippen LogP) is 2.96. The lowest BCUT2D eigenvalue weighted by Crippen LogP contribution is -2.45. The van der Waals surface area contributed by atoms with Crippen molar-refractivity contribution in [3.63, 3.8) is 0 Å². The van der Waals surface area contributed by atoms with Crippen molar-refractivity contribution in [2.75, 3.05) is 18.4 Å². The Balaban J connectivity index is 1.47. The number of amides is 1. The number of imidazole rings is 1. The molecule has 0 bridgehead atoms. The van der Waals surface area contributed by atoms with Gasteiger partial charge in [0.2, 0.25) is 0 Å². The van der Waals surface area contributed by atoms with E-state index in [-0.39, 0.29) is 11.9 Å². The molecule has 1 saturated heterocycles. The van der Waals surface area contributed by atoms with Crippen LogP contribution in [-0.2, 0) is 7.05 Å². The number of carbonyl (C=O) groups excluding carboxylic acids is 1. The summed E-state index contributed by atoms with van der Waals surface area (Å²) >= 11 is 0. The van der Waals surface area contributed by atoms with Crippen molar-refractivity contribution in [2.45, 2.75) is 18.9 Å². The first-order chi connectivity index (χ1) is 13.0. The molecule has 1 fully saturated rings. The number of hydrogen-bond donors (Lipinski definition) is 1. The Kier molecular flexibility index (Phi) is 4.47. The standard InChI is InChI=1S/C19H19F2N5O/c1-25-11-23-17-7-12(9-22-18(17)25)19(27)26-6-2-3-14(10-26)24-13-4-5-15(20)16(21)8-13/h4-5,7-9,11,14,24H,2-3,6,10H2,1H3/t14-/m1/s1. The molecule has 0 saturated carbocycles. The van der Waals surface area contributed by atoms with E-state index in [2.05, 4.69) is 15.3 Å². The quantitative estimate of drug-likeness (QED) is 0.769. The fraction of sp³-hybridized carbons (Fsp3) is 0.316. The van der Waals surface area contributed by atoms with Crippen LogP contribution in [0.2, 0.25) is 0 Å². The first-order valence-electron chi connectivity index (χ1n) is 8.79. The highest BCUT2D eigenvalue weighted by molar-refractivity contribution is 5.96. The van der Waals surface area contributed by atoms with Crippen molar-refractivity contribution < 1.29 is 13.6 Å². The molecular formula is C19H19F2N5O. The monoisotopic (exact) mass is 371 g/mol. The number of carbonyl (C=O) groups is 1. The van der Waals surface area contributed by atoms with Gasteiger partial charge in [-0.05, 0) is 31.0 Å². The van der Waals surface area contributed by atoms with Gasteiger partial charge in [-0.15, -0.1) is 0 Å². The molecule has 27 heavy (non-hydrogen) atoms. The van der Waals surface area contributed by atoms with Crippen LogP contribution in [-0.4, -0.2) is 44.5 Å². The summed E-state index contributed by atoms with van der Waals surface area (Å²) in [5, 5.41) is 3.19. The Morgan fingerprint density at radius 2 is 2.07 bits per heavy atom. The minimum Gasteiger partial charge on any atom is -0.380 e. The van der Waals surface area contributed by atoms with Gasteiger partial charge in [0, 0.05) is 44.1 Å². The Hall–Kier alpha value is -3.03. The maximum Gasteiger partial charge on any atom is 0.255 e. The van der Waals surface area contributed by atoms with Gasteiger partial charge in [-0.3, -0.25) is 4.79 Å². The maximum absolute atomic E-state index is 13.4. The Morgan fingerprint density at radius 1 is 1.22 bits per heavy atom. The van der Waals surface area contributed by atoms with E-state index in [4.69, 9.17) is 0 Å². The van der Waals surface area contributed by atoms with E-state index in [1.807, 2.05) is 7.05 Å². The molecule has 8 heteroatoms. The van der Waals surface area contributed by atoms with Crippen molar-refractivity contribution in [3.05, 3.63) is 54.0 Å². The number of fused-ring (bicyclic) bond motifs is 1. The Bertz CT molecular complexity index is 1000. The number of benzene rings is 1. The number of aromatic nitrogens is 3. The van der Waals surface area contributed by atoms with E-state index in [0.717, 1.165) is 30.6 Å². The normalized spacial score (nSPS) is 17.3. The van der Waals surface area contributed by atoms with E-state index in [0.29, 0.717) is 29.9 Å². The summed E-state index contributed by atoms with van der Waals surface area (Å²) in [5.74, 6) is -1.87. The van der Waals surface area contributed by atoms with Crippen LogP contribution in [0.1, 0.15) is 23.2 Å². The number of pyridine rings is 1. The molecule has 0 aliphatic carbocycles. The molecule has 4 rings (SSSR count). The summed E-state index contributed by atoms with van der Waals surface area (Å²) in [6.45, 7) is 1.13. The van der Waals surface area contributed by atoms with Crippen molar-refractivity contribution in [3.8, 4) is 0 Å². The lowest BCUT2D eigenvalue weighted by molar-refractivity contribution is 0.0714. The van der Waals surface area contributed by atoms with Gasteiger partial charge in [-0.25, -0.2) is 18.7 Å². The van der Waals surface area contributed by atoms with Crippen molar-refractivity contribution in [1.82, 2.24) is 19.4 Å². The van der Waals surface area contributed by atoms with Gasteiger partial charge in [0.15, 0.2) is 17.3 Å². The van der Waals surface area contributed by atoms with E-state index in [1.54, 1.807) is 28.1 Å². The van der Waals surface area contributed by atoms with E-state index >= 15 is 0 Å². The van der Waals surface area contributed by atoms with E-state index < -0.39 is 11.6 Å². The molecule has 1 amide bonds. The lowest BCUT2D eigenvalue weighted by atomic mass is 10.0. The van der Waals surface area contributed by atoms with Crippen LogP contribution < -0.4 is 5.32 Å². The zero-order valence-corrected chi connectivity index (χ0v) is 14.8. The average molecular weight is 371 g/mol.